The lowest BCUT2D eigenvalue weighted by Gasteiger charge is -2.13. The molecule has 0 unspecified atom stereocenters. The minimum Gasteiger partial charge on any atom is -0.292 e. The number of fused-ring (bicyclic) bond motifs is 11. The van der Waals surface area contributed by atoms with Crippen LogP contribution >= 0.6 is 0 Å². The van der Waals surface area contributed by atoms with Crippen molar-refractivity contribution in [2.24, 2.45) is 0 Å². The Balaban J connectivity index is 1.33. The van der Waals surface area contributed by atoms with Crippen molar-refractivity contribution in [1.29, 1.82) is 0 Å². The van der Waals surface area contributed by atoms with Crippen LogP contribution in [0, 0.1) is 0 Å². The van der Waals surface area contributed by atoms with Gasteiger partial charge in [-0.15, -0.1) is 0 Å². The summed E-state index contributed by atoms with van der Waals surface area (Å²) >= 11 is 0. The Morgan fingerprint density at radius 2 is 1.12 bits per heavy atom. The number of nitrogens with zero attached hydrogens (tertiary/aromatic N) is 3. The summed E-state index contributed by atoms with van der Waals surface area (Å²) in [7, 11) is 0. The minimum absolute atomic E-state index is 0.960. The van der Waals surface area contributed by atoms with E-state index in [2.05, 4.69) is 144 Å². The lowest BCUT2D eigenvalue weighted by Crippen LogP contribution is -1.94. The van der Waals surface area contributed by atoms with Crippen molar-refractivity contribution in [2.75, 3.05) is 0 Å². The maximum Gasteiger partial charge on any atom is 0.146 e. The third kappa shape index (κ3) is 3.33. The molecule has 3 aromatic heterocycles. The molecule has 190 valence electrons. The summed E-state index contributed by atoms with van der Waals surface area (Å²) in [6, 6.07) is 49.5. The first-order valence-electron chi connectivity index (χ1n) is 13.9. The second kappa shape index (κ2) is 8.48. The van der Waals surface area contributed by atoms with E-state index in [0.717, 1.165) is 50.1 Å². The average Bonchev–Trinajstić information content (AvgIpc) is 3.44. The fourth-order valence-corrected chi connectivity index (χ4v) is 6.39. The first-order chi connectivity index (χ1) is 20.3. The Morgan fingerprint density at radius 1 is 0.415 bits per heavy atom. The van der Waals surface area contributed by atoms with Crippen LogP contribution in [0.15, 0.2) is 140 Å². The summed E-state index contributed by atoms with van der Waals surface area (Å²) in [6.07, 6.45) is 0. The summed E-state index contributed by atoms with van der Waals surface area (Å²) in [5.74, 6) is 0. The summed E-state index contributed by atoms with van der Waals surface area (Å²) in [4.78, 5) is 10.3. The molecule has 6 aromatic carbocycles. The molecule has 0 atom stereocenters. The van der Waals surface area contributed by atoms with Crippen molar-refractivity contribution in [3.8, 4) is 22.5 Å². The Kier molecular flexibility index (Phi) is 4.61. The molecule has 0 aliphatic rings. The van der Waals surface area contributed by atoms with Gasteiger partial charge in [0.05, 0.1) is 27.9 Å². The molecule has 9 aromatic rings. The van der Waals surface area contributed by atoms with Crippen LogP contribution in [0.25, 0.3) is 82.4 Å². The molecule has 0 N–H and O–H groups in total. The van der Waals surface area contributed by atoms with E-state index in [1.807, 2.05) is 0 Å². The highest BCUT2D eigenvalue weighted by Gasteiger charge is 2.16. The average molecular weight is 522 g/mol. The maximum atomic E-state index is 5.15. The van der Waals surface area contributed by atoms with E-state index in [9.17, 15) is 0 Å². The summed E-state index contributed by atoms with van der Waals surface area (Å²) in [5, 5.41) is 8.50. The highest BCUT2D eigenvalue weighted by atomic mass is 15.0. The second-order valence-electron chi connectivity index (χ2n) is 10.7. The number of benzene rings is 6. The van der Waals surface area contributed by atoms with Gasteiger partial charge in [0.1, 0.15) is 5.65 Å². The fraction of sp³-hybridized carbons (Fsp3) is 0. The molecule has 3 heteroatoms. The number of hydrogen-bond acceptors (Lipinski definition) is 2. The Morgan fingerprint density at radius 3 is 2.02 bits per heavy atom. The molecule has 3 nitrogen and oxygen atoms in total. The van der Waals surface area contributed by atoms with Crippen LogP contribution in [-0.2, 0) is 0 Å². The highest BCUT2D eigenvalue weighted by molar-refractivity contribution is 6.24. The van der Waals surface area contributed by atoms with E-state index in [4.69, 9.17) is 9.97 Å². The molecular weight excluding hydrogens is 498 g/mol. The number of aromatic nitrogens is 3. The van der Waals surface area contributed by atoms with E-state index in [1.165, 1.54) is 32.3 Å². The lowest BCUT2D eigenvalue weighted by molar-refractivity contribution is 1.31. The zero-order chi connectivity index (χ0) is 26.9. The zero-order valence-electron chi connectivity index (χ0n) is 22.1. The minimum atomic E-state index is 0.960. The van der Waals surface area contributed by atoms with E-state index in [-0.39, 0.29) is 0 Å². The first-order valence-corrected chi connectivity index (χ1v) is 13.9. The summed E-state index contributed by atoms with van der Waals surface area (Å²) in [5.41, 5.74) is 8.40. The Bertz CT molecular complexity index is 2490. The molecule has 0 aliphatic carbocycles. The van der Waals surface area contributed by atoms with Gasteiger partial charge in [-0.25, -0.2) is 9.97 Å². The first kappa shape index (κ1) is 22.3. The van der Waals surface area contributed by atoms with Crippen LogP contribution < -0.4 is 0 Å². The van der Waals surface area contributed by atoms with Crippen molar-refractivity contribution in [1.82, 2.24) is 14.4 Å². The normalized spacial score (nSPS) is 11.9. The number of imidazole rings is 1. The Labute approximate surface area is 236 Å². The topological polar surface area (TPSA) is 30.2 Å². The van der Waals surface area contributed by atoms with Gasteiger partial charge in [-0.05, 0) is 70.1 Å². The molecule has 0 radical (unpaired) electrons. The standard InChI is InChI=1S/C38H23N3/c1-2-10-26-22-27(17-16-24(26)8-1)32-13-7-14-33(39-32)28-19-21-35-31(23-28)37-29-11-4-3-9-25(29)18-20-30(37)38-40-34-12-5-6-15-36(34)41(35)38/h1-23H. The van der Waals surface area contributed by atoms with Gasteiger partial charge in [0.15, 0.2) is 0 Å². The Hall–Kier alpha value is -5.54. The smallest absolute Gasteiger partial charge is 0.146 e. The van der Waals surface area contributed by atoms with Crippen molar-refractivity contribution in [3.05, 3.63) is 140 Å². The maximum absolute atomic E-state index is 5.15. The van der Waals surface area contributed by atoms with Gasteiger partial charge in [-0.3, -0.25) is 4.40 Å². The van der Waals surface area contributed by atoms with Gasteiger partial charge in [0.2, 0.25) is 0 Å². The van der Waals surface area contributed by atoms with Crippen molar-refractivity contribution in [3.63, 3.8) is 0 Å². The predicted octanol–water partition coefficient (Wildman–Crippen LogP) is 9.83. The van der Waals surface area contributed by atoms with E-state index in [1.54, 1.807) is 0 Å². The van der Waals surface area contributed by atoms with Gasteiger partial charge in [0.25, 0.3) is 0 Å². The molecule has 0 saturated heterocycles. The van der Waals surface area contributed by atoms with E-state index in [0.29, 0.717) is 0 Å². The SMILES string of the molecule is c1cc(-c2ccc3ccccc3c2)nc(-c2ccc3c(c2)c2c4ccccc4ccc2c2nc4ccccc4n32)c1. The monoisotopic (exact) mass is 521 g/mol. The molecule has 41 heavy (non-hydrogen) atoms. The molecule has 0 spiro atoms. The highest BCUT2D eigenvalue weighted by Crippen LogP contribution is 2.38. The summed E-state index contributed by atoms with van der Waals surface area (Å²) in [6.45, 7) is 0. The molecule has 3 heterocycles. The van der Waals surface area contributed by atoms with Crippen LogP contribution in [0.4, 0.5) is 0 Å². The third-order valence-corrected chi connectivity index (χ3v) is 8.33. The molecule has 0 amide bonds. The number of para-hydroxylation sites is 2. The van der Waals surface area contributed by atoms with Gasteiger partial charge >= 0.3 is 0 Å². The largest absolute Gasteiger partial charge is 0.292 e. The van der Waals surface area contributed by atoms with Gasteiger partial charge < -0.3 is 0 Å². The molecule has 0 fully saturated rings. The van der Waals surface area contributed by atoms with Crippen LogP contribution in [-0.4, -0.2) is 14.4 Å². The van der Waals surface area contributed by atoms with Crippen molar-refractivity contribution < 1.29 is 0 Å². The van der Waals surface area contributed by atoms with Crippen molar-refractivity contribution >= 4 is 59.9 Å². The van der Waals surface area contributed by atoms with E-state index >= 15 is 0 Å². The predicted molar refractivity (Wildman–Crippen MR) is 171 cm³/mol. The molecule has 0 bridgehead atoms. The number of pyridine rings is 2. The molecule has 0 aliphatic heterocycles. The zero-order valence-corrected chi connectivity index (χ0v) is 22.1. The van der Waals surface area contributed by atoms with Crippen molar-refractivity contribution in [2.45, 2.75) is 0 Å². The van der Waals surface area contributed by atoms with E-state index < -0.39 is 0 Å². The quantitative estimate of drug-likeness (QED) is 0.212. The number of hydrogen-bond donors (Lipinski definition) is 0. The number of rotatable bonds is 2. The molecule has 0 saturated carbocycles. The second-order valence-corrected chi connectivity index (χ2v) is 10.7. The van der Waals surface area contributed by atoms with Gasteiger partial charge in [0, 0.05) is 27.3 Å². The summed E-state index contributed by atoms with van der Waals surface area (Å²) < 4.78 is 2.31. The van der Waals surface area contributed by atoms with Crippen LogP contribution in [0.2, 0.25) is 0 Å². The van der Waals surface area contributed by atoms with Crippen LogP contribution in [0.3, 0.4) is 0 Å². The van der Waals surface area contributed by atoms with Gasteiger partial charge in [-0.2, -0.15) is 0 Å². The molecular formula is C38H23N3. The fourth-order valence-electron chi connectivity index (χ4n) is 6.39. The molecule has 9 rings (SSSR count). The third-order valence-electron chi connectivity index (χ3n) is 8.33. The van der Waals surface area contributed by atoms with Gasteiger partial charge in [-0.1, -0.05) is 91.0 Å². The lowest BCUT2D eigenvalue weighted by atomic mass is 9.97. The van der Waals surface area contributed by atoms with Crippen LogP contribution in [0.5, 0.6) is 0 Å². The van der Waals surface area contributed by atoms with Crippen LogP contribution in [0.1, 0.15) is 0 Å².